The fourth-order valence-corrected chi connectivity index (χ4v) is 2.58. The Morgan fingerprint density at radius 3 is 2.89 bits per heavy atom. The van der Waals surface area contributed by atoms with Crippen molar-refractivity contribution in [3.63, 3.8) is 0 Å². The smallest absolute Gasteiger partial charge is 0.350 e. The van der Waals surface area contributed by atoms with Gasteiger partial charge in [-0.3, -0.25) is 0 Å². The van der Waals surface area contributed by atoms with E-state index in [4.69, 9.17) is 27.7 Å². The summed E-state index contributed by atoms with van der Waals surface area (Å²) in [6.07, 6.45) is 2.62. The van der Waals surface area contributed by atoms with Crippen molar-refractivity contribution in [1.82, 2.24) is 9.72 Å². The average molecular weight is 300 g/mol. The lowest BCUT2D eigenvalue weighted by Gasteiger charge is -2.28. The van der Waals surface area contributed by atoms with Crippen LogP contribution in [0, 0.1) is 0 Å². The highest BCUT2D eigenvalue weighted by Crippen LogP contribution is 2.28. The molecule has 2 aromatic rings. The summed E-state index contributed by atoms with van der Waals surface area (Å²) in [4.78, 5) is 17.5. The number of nitrogens with zero attached hydrogens (tertiary/aromatic N) is 3. The van der Waals surface area contributed by atoms with E-state index in [2.05, 4.69) is 4.98 Å². The molecule has 7 heteroatoms. The Kier molecular flexibility index (Phi) is 3.24. The summed E-state index contributed by atoms with van der Waals surface area (Å²) in [5.74, 6) is 0.646. The summed E-state index contributed by atoms with van der Waals surface area (Å²) in [5, 5.41) is 0.599. The maximum Gasteiger partial charge on any atom is 0.378 e. The summed E-state index contributed by atoms with van der Waals surface area (Å²) in [7, 11) is 0. The molecule has 1 aliphatic heterocycles. The highest BCUT2D eigenvalue weighted by atomic mass is 35.5. The van der Waals surface area contributed by atoms with Crippen LogP contribution in [0.15, 0.2) is 27.6 Å². The van der Waals surface area contributed by atoms with Crippen LogP contribution in [0.2, 0.25) is 10.2 Å². The second-order valence-corrected chi connectivity index (χ2v) is 5.15. The maximum absolute atomic E-state index is 11.5. The first kappa shape index (κ1) is 12.6. The van der Waals surface area contributed by atoms with Crippen molar-refractivity contribution >= 4 is 29.0 Å². The van der Waals surface area contributed by atoms with Gasteiger partial charge < -0.3 is 9.42 Å². The Morgan fingerprint density at radius 1 is 1.32 bits per heavy atom. The lowest BCUT2D eigenvalue weighted by Crippen LogP contribution is -2.31. The zero-order chi connectivity index (χ0) is 13.4. The molecule has 0 saturated carbocycles. The average Bonchev–Trinajstić information content (AvgIpc) is 2.69. The lowest BCUT2D eigenvalue weighted by atomic mass is 10.2. The standard InChI is InChI=1S/C12H11Cl2N3O2/c13-9-3-2-8(6-15-9)7-16-4-1-5-17-11(16)10(14)12(18)19-17/h2-3,6H,1,4-5,7H2. The van der Waals surface area contributed by atoms with Crippen molar-refractivity contribution in [1.29, 1.82) is 0 Å². The first-order chi connectivity index (χ1) is 9.15. The molecule has 3 heterocycles. The van der Waals surface area contributed by atoms with Crippen LogP contribution in [0.3, 0.4) is 0 Å². The van der Waals surface area contributed by atoms with Gasteiger partial charge >= 0.3 is 5.63 Å². The topological polar surface area (TPSA) is 51.3 Å². The normalized spacial score (nSPS) is 14.5. The first-order valence-electron chi connectivity index (χ1n) is 5.90. The van der Waals surface area contributed by atoms with Crippen molar-refractivity contribution in [3.05, 3.63) is 44.5 Å². The summed E-state index contributed by atoms with van der Waals surface area (Å²) >= 11 is 11.8. The number of anilines is 1. The van der Waals surface area contributed by atoms with Crippen LogP contribution >= 0.6 is 23.2 Å². The minimum Gasteiger partial charge on any atom is -0.350 e. The van der Waals surface area contributed by atoms with Crippen LogP contribution in [-0.2, 0) is 13.1 Å². The van der Waals surface area contributed by atoms with Crippen LogP contribution in [0.4, 0.5) is 5.82 Å². The molecule has 100 valence electrons. The number of hydrogen-bond donors (Lipinski definition) is 0. The van der Waals surface area contributed by atoms with E-state index in [1.165, 1.54) is 0 Å². The Hall–Kier alpha value is -1.46. The Balaban J connectivity index is 1.91. The van der Waals surface area contributed by atoms with Crippen LogP contribution in [0.25, 0.3) is 0 Å². The van der Waals surface area contributed by atoms with E-state index in [9.17, 15) is 4.79 Å². The van der Waals surface area contributed by atoms with Gasteiger partial charge in [0.25, 0.3) is 0 Å². The third kappa shape index (κ3) is 2.35. The molecule has 2 aromatic heterocycles. The summed E-state index contributed by atoms with van der Waals surface area (Å²) in [5.41, 5.74) is 0.514. The van der Waals surface area contributed by atoms with E-state index >= 15 is 0 Å². The molecule has 0 unspecified atom stereocenters. The quantitative estimate of drug-likeness (QED) is 0.800. The zero-order valence-electron chi connectivity index (χ0n) is 9.97. The lowest BCUT2D eigenvalue weighted by molar-refractivity contribution is 0.238. The predicted octanol–water partition coefficient (Wildman–Crippen LogP) is 2.55. The van der Waals surface area contributed by atoms with Crippen LogP contribution < -0.4 is 10.5 Å². The van der Waals surface area contributed by atoms with Gasteiger partial charge in [0.1, 0.15) is 5.15 Å². The van der Waals surface area contributed by atoms with Gasteiger partial charge in [-0.2, -0.15) is 4.74 Å². The minimum atomic E-state index is -0.488. The second-order valence-electron chi connectivity index (χ2n) is 4.38. The molecule has 0 radical (unpaired) electrons. The van der Waals surface area contributed by atoms with E-state index in [0.29, 0.717) is 24.1 Å². The van der Waals surface area contributed by atoms with Gasteiger partial charge in [-0.05, 0) is 18.1 Å². The first-order valence-corrected chi connectivity index (χ1v) is 6.66. The molecule has 0 N–H and O–H groups in total. The Bertz CT molecular complexity index is 648. The third-order valence-electron chi connectivity index (χ3n) is 3.06. The van der Waals surface area contributed by atoms with Gasteiger partial charge in [0.15, 0.2) is 10.8 Å². The number of aromatic nitrogens is 2. The number of rotatable bonds is 2. The van der Waals surface area contributed by atoms with Crippen molar-refractivity contribution < 1.29 is 4.52 Å². The van der Waals surface area contributed by atoms with E-state index in [0.717, 1.165) is 18.5 Å². The number of halogens is 2. The van der Waals surface area contributed by atoms with E-state index in [1.807, 2.05) is 11.0 Å². The van der Waals surface area contributed by atoms with Crippen molar-refractivity contribution in [2.75, 3.05) is 11.4 Å². The molecule has 0 aromatic carbocycles. The van der Waals surface area contributed by atoms with Crippen molar-refractivity contribution in [2.45, 2.75) is 19.5 Å². The van der Waals surface area contributed by atoms with E-state index in [-0.39, 0.29) is 5.02 Å². The minimum absolute atomic E-state index is 0.140. The number of fused-ring (bicyclic) bond motifs is 1. The fourth-order valence-electron chi connectivity index (χ4n) is 2.22. The van der Waals surface area contributed by atoms with Gasteiger partial charge in [-0.25, -0.2) is 9.78 Å². The van der Waals surface area contributed by atoms with Crippen LogP contribution in [0.5, 0.6) is 0 Å². The largest absolute Gasteiger partial charge is 0.378 e. The molecule has 19 heavy (non-hydrogen) atoms. The van der Waals surface area contributed by atoms with E-state index < -0.39 is 5.63 Å². The van der Waals surface area contributed by atoms with Crippen LogP contribution in [0.1, 0.15) is 12.0 Å². The molecule has 3 rings (SSSR count). The maximum atomic E-state index is 11.5. The second kappa shape index (κ2) is 4.90. The van der Waals surface area contributed by atoms with Crippen molar-refractivity contribution in [3.8, 4) is 0 Å². The number of pyridine rings is 1. The summed E-state index contributed by atoms with van der Waals surface area (Å²) in [6.45, 7) is 2.11. The molecule has 0 amide bonds. The van der Waals surface area contributed by atoms with Gasteiger partial charge in [0, 0.05) is 19.3 Å². The molecule has 0 fully saturated rings. The third-order valence-corrected chi connectivity index (χ3v) is 3.60. The van der Waals surface area contributed by atoms with Crippen molar-refractivity contribution in [2.24, 2.45) is 0 Å². The zero-order valence-corrected chi connectivity index (χ0v) is 11.5. The molecular formula is C12H11Cl2N3O2. The fraction of sp³-hybridized carbons (Fsp3) is 0.333. The Labute approximate surface area is 119 Å². The molecule has 0 atom stereocenters. The molecule has 0 aliphatic carbocycles. The van der Waals surface area contributed by atoms with Gasteiger partial charge in [0.2, 0.25) is 0 Å². The molecule has 1 aliphatic rings. The predicted molar refractivity (Wildman–Crippen MR) is 72.9 cm³/mol. The highest BCUT2D eigenvalue weighted by molar-refractivity contribution is 6.32. The number of aryl methyl sites for hydroxylation is 1. The molecular weight excluding hydrogens is 289 g/mol. The monoisotopic (exact) mass is 299 g/mol. The van der Waals surface area contributed by atoms with Gasteiger partial charge in [0.05, 0.1) is 6.54 Å². The molecule has 0 spiro atoms. The summed E-state index contributed by atoms with van der Waals surface area (Å²) in [6, 6.07) is 3.64. The highest BCUT2D eigenvalue weighted by Gasteiger charge is 2.25. The van der Waals surface area contributed by atoms with E-state index in [1.54, 1.807) is 17.0 Å². The van der Waals surface area contributed by atoms with Gasteiger partial charge in [-0.15, -0.1) is 0 Å². The molecule has 0 bridgehead atoms. The molecule has 0 saturated heterocycles. The van der Waals surface area contributed by atoms with Gasteiger partial charge in [-0.1, -0.05) is 29.3 Å². The summed E-state index contributed by atoms with van der Waals surface area (Å²) < 4.78 is 6.63. The SMILES string of the molecule is O=c1on2c(c1Cl)N(Cc1ccc(Cl)nc1)CCC2. The number of hydrogen-bond acceptors (Lipinski definition) is 4. The molecule has 5 nitrogen and oxygen atoms in total. The Morgan fingerprint density at radius 2 is 2.16 bits per heavy atom. The van der Waals surface area contributed by atoms with Crippen LogP contribution in [-0.4, -0.2) is 16.3 Å².